The molecule has 7 nitrogen and oxygen atoms in total. The van der Waals surface area contributed by atoms with Crippen LogP contribution in [0.25, 0.3) is 0 Å². The van der Waals surface area contributed by atoms with Crippen LogP contribution in [0.1, 0.15) is 22.7 Å². The van der Waals surface area contributed by atoms with Crippen molar-refractivity contribution in [2.24, 2.45) is 0 Å². The number of carbonyl (C=O) groups excluding carboxylic acids is 2. The van der Waals surface area contributed by atoms with E-state index in [1.807, 2.05) is 67.3 Å². The van der Waals surface area contributed by atoms with Crippen molar-refractivity contribution in [3.8, 4) is 0 Å². The molecule has 0 aromatic heterocycles. The second-order valence-corrected chi connectivity index (χ2v) is 9.84. The normalized spacial score (nSPS) is 17.1. The number of sulfone groups is 1. The molecule has 0 bridgehead atoms. The van der Waals surface area contributed by atoms with Gasteiger partial charge in [0.05, 0.1) is 18.1 Å². The van der Waals surface area contributed by atoms with E-state index in [4.69, 9.17) is 0 Å². The van der Waals surface area contributed by atoms with Crippen molar-refractivity contribution in [1.29, 1.82) is 0 Å². The number of hydrogen-bond acceptors (Lipinski definition) is 5. The minimum absolute atomic E-state index is 0.0245. The van der Waals surface area contributed by atoms with E-state index in [0.717, 1.165) is 22.4 Å². The predicted octanol–water partition coefficient (Wildman–Crippen LogP) is 1.83. The first-order valence-electron chi connectivity index (χ1n) is 9.90. The summed E-state index contributed by atoms with van der Waals surface area (Å²) < 4.78 is 23.6. The van der Waals surface area contributed by atoms with E-state index < -0.39 is 15.9 Å². The van der Waals surface area contributed by atoms with Crippen LogP contribution >= 0.6 is 0 Å². The van der Waals surface area contributed by atoms with Crippen molar-refractivity contribution in [2.45, 2.75) is 19.9 Å². The maximum Gasteiger partial charge on any atom is 0.243 e. The summed E-state index contributed by atoms with van der Waals surface area (Å²) in [5, 5.41) is 5.57. The summed E-state index contributed by atoms with van der Waals surface area (Å²) in [6.45, 7) is 4.23. The second kappa shape index (κ2) is 9.40. The summed E-state index contributed by atoms with van der Waals surface area (Å²) in [5.41, 5.74) is 3.42. The maximum absolute atomic E-state index is 13.0. The molecule has 160 valence electrons. The van der Waals surface area contributed by atoms with Gasteiger partial charge in [-0.15, -0.1) is 0 Å². The first-order chi connectivity index (χ1) is 14.3. The SMILES string of the molecule is Cc1cccc(C)c1NC(=O)CNC(=O)C(c1ccccc1)N1CCS(=O)(=O)CC1. The summed E-state index contributed by atoms with van der Waals surface area (Å²) in [6.07, 6.45) is 0. The molecule has 8 heteroatoms. The van der Waals surface area contributed by atoms with Crippen LogP contribution in [0.4, 0.5) is 5.69 Å². The molecule has 1 atom stereocenters. The van der Waals surface area contributed by atoms with E-state index in [-0.39, 0.29) is 43.0 Å². The van der Waals surface area contributed by atoms with Crippen molar-refractivity contribution in [3.05, 3.63) is 65.2 Å². The monoisotopic (exact) mass is 429 g/mol. The number of aryl methyl sites for hydroxylation is 2. The highest BCUT2D eigenvalue weighted by Crippen LogP contribution is 2.23. The van der Waals surface area contributed by atoms with E-state index in [1.165, 1.54) is 0 Å². The Bertz CT molecular complexity index is 988. The molecule has 0 aliphatic carbocycles. The van der Waals surface area contributed by atoms with Gasteiger partial charge in [-0.25, -0.2) is 8.42 Å². The number of amides is 2. The topological polar surface area (TPSA) is 95.6 Å². The lowest BCUT2D eigenvalue weighted by atomic mass is 10.0. The third kappa shape index (κ3) is 5.46. The third-order valence-electron chi connectivity index (χ3n) is 5.28. The number of anilines is 1. The Labute approximate surface area is 177 Å². The van der Waals surface area contributed by atoms with Gasteiger partial charge in [0, 0.05) is 18.8 Å². The number of nitrogens with zero attached hydrogens (tertiary/aromatic N) is 1. The van der Waals surface area contributed by atoms with E-state index in [9.17, 15) is 18.0 Å². The maximum atomic E-state index is 13.0. The lowest BCUT2D eigenvalue weighted by Crippen LogP contribution is -2.48. The Hall–Kier alpha value is -2.71. The Morgan fingerprint density at radius 1 is 0.967 bits per heavy atom. The first kappa shape index (κ1) is 22.0. The van der Waals surface area contributed by atoms with Gasteiger partial charge in [0.2, 0.25) is 11.8 Å². The van der Waals surface area contributed by atoms with Crippen molar-refractivity contribution < 1.29 is 18.0 Å². The number of benzene rings is 2. The summed E-state index contributed by atoms with van der Waals surface area (Å²) in [6, 6.07) is 14.3. The lowest BCUT2D eigenvalue weighted by molar-refractivity contribution is -0.128. The Kier molecular flexibility index (Phi) is 6.89. The Morgan fingerprint density at radius 3 is 2.17 bits per heavy atom. The molecule has 30 heavy (non-hydrogen) atoms. The van der Waals surface area contributed by atoms with Crippen molar-refractivity contribution in [1.82, 2.24) is 10.2 Å². The fraction of sp³-hybridized carbons (Fsp3) is 0.364. The fourth-order valence-electron chi connectivity index (χ4n) is 3.61. The molecule has 1 fully saturated rings. The number of para-hydroxylation sites is 1. The molecular formula is C22H27N3O4S. The van der Waals surface area contributed by atoms with Gasteiger partial charge >= 0.3 is 0 Å². The van der Waals surface area contributed by atoms with Gasteiger partial charge in [0.25, 0.3) is 0 Å². The van der Waals surface area contributed by atoms with Gasteiger partial charge in [0.1, 0.15) is 6.04 Å². The molecule has 2 aromatic rings. The average Bonchev–Trinajstić information content (AvgIpc) is 2.71. The molecule has 2 amide bonds. The molecule has 0 spiro atoms. The largest absolute Gasteiger partial charge is 0.345 e. The molecule has 2 aromatic carbocycles. The van der Waals surface area contributed by atoms with Gasteiger partial charge in [-0.1, -0.05) is 48.5 Å². The minimum Gasteiger partial charge on any atom is -0.345 e. The van der Waals surface area contributed by atoms with Crippen LogP contribution < -0.4 is 10.6 Å². The average molecular weight is 430 g/mol. The highest BCUT2D eigenvalue weighted by atomic mass is 32.2. The molecule has 1 aliphatic heterocycles. The van der Waals surface area contributed by atoms with Crippen LogP contribution in [0, 0.1) is 13.8 Å². The van der Waals surface area contributed by atoms with Gasteiger partial charge in [-0.05, 0) is 30.5 Å². The fourth-order valence-corrected chi connectivity index (χ4v) is 4.84. The Morgan fingerprint density at radius 2 is 1.57 bits per heavy atom. The molecule has 1 aliphatic rings. The van der Waals surface area contributed by atoms with Crippen LogP contribution in [0.15, 0.2) is 48.5 Å². The van der Waals surface area contributed by atoms with E-state index in [2.05, 4.69) is 10.6 Å². The standard InChI is InChI=1S/C22H27N3O4S/c1-16-7-6-8-17(2)20(16)24-19(26)15-23-22(27)21(18-9-4-3-5-10-18)25-11-13-30(28,29)14-12-25/h3-10,21H,11-15H2,1-2H3,(H,23,27)(H,24,26). The van der Waals surface area contributed by atoms with Crippen LogP contribution in [0.3, 0.4) is 0 Å². The zero-order valence-electron chi connectivity index (χ0n) is 17.2. The second-order valence-electron chi connectivity index (χ2n) is 7.53. The van der Waals surface area contributed by atoms with E-state index in [1.54, 1.807) is 0 Å². The third-order valence-corrected chi connectivity index (χ3v) is 6.89. The molecule has 1 saturated heterocycles. The van der Waals surface area contributed by atoms with Crippen molar-refractivity contribution in [3.63, 3.8) is 0 Å². The molecule has 3 rings (SSSR count). The van der Waals surface area contributed by atoms with Crippen LogP contribution in [-0.4, -0.2) is 56.3 Å². The van der Waals surface area contributed by atoms with Crippen molar-refractivity contribution in [2.75, 3.05) is 36.5 Å². The molecule has 0 radical (unpaired) electrons. The summed E-state index contributed by atoms with van der Waals surface area (Å²) in [5.74, 6) is -0.584. The molecule has 1 heterocycles. The molecule has 0 saturated carbocycles. The lowest BCUT2D eigenvalue weighted by Gasteiger charge is -2.33. The zero-order valence-corrected chi connectivity index (χ0v) is 18.0. The molecular weight excluding hydrogens is 402 g/mol. The molecule has 1 unspecified atom stereocenters. The Balaban J connectivity index is 1.68. The van der Waals surface area contributed by atoms with Gasteiger partial charge in [-0.3, -0.25) is 14.5 Å². The predicted molar refractivity (Wildman–Crippen MR) is 117 cm³/mol. The number of rotatable bonds is 6. The number of nitrogens with one attached hydrogen (secondary N) is 2. The van der Waals surface area contributed by atoms with E-state index in [0.29, 0.717) is 0 Å². The van der Waals surface area contributed by atoms with Gasteiger partial charge < -0.3 is 10.6 Å². The van der Waals surface area contributed by atoms with Crippen LogP contribution in [0.5, 0.6) is 0 Å². The van der Waals surface area contributed by atoms with Crippen LogP contribution in [-0.2, 0) is 19.4 Å². The number of carbonyl (C=O) groups is 2. The quantitative estimate of drug-likeness (QED) is 0.731. The summed E-state index contributed by atoms with van der Waals surface area (Å²) in [7, 11) is -3.06. The molecule has 2 N–H and O–H groups in total. The van der Waals surface area contributed by atoms with Gasteiger partial charge in [-0.2, -0.15) is 0 Å². The van der Waals surface area contributed by atoms with E-state index >= 15 is 0 Å². The first-order valence-corrected chi connectivity index (χ1v) is 11.7. The smallest absolute Gasteiger partial charge is 0.243 e. The highest BCUT2D eigenvalue weighted by Gasteiger charge is 2.32. The number of hydrogen-bond donors (Lipinski definition) is 2. The van der Waals surface area contributed by atoms with Crippen molar-refractivity contribution >= 4 is 27.3 Å². The minimum atomic E-state index is -3.06. The summed E-state index contributed by atoms with van der Waals surface area (Å²) >= 11 is 0. The van der Waals surface area contributed by atoms with Gasteiger partial charge in [0.15, 0.2) is 9.84 Å². The zero-order chi connectivity index (χ0) is 21.7. The van der Waals surface area contributed by atoms with Crippen LogP contribution in [0.2, 0.25) is 0 Å². The highest BCUT2D eigenvalue weighted by molar-refractivity contribution is 7.91. The summed E-state index contributed by atoms with van der Waals surface area (Å²) in [4.78, 5) is 27.3.